The summed E-state index contributed by atoms with van der Waals surface area (Å²) in [6.07, 6.45) is 0.886. The SMILES string of the molecule is [2H][C@]1(O)C(Cl)=CC=C[C@H]1O. The Kier molecular flexibility index (Phi) is 1.53. The Morgan fingerprint density at radius 3 is 2.78 bits per heavy atom. The van der Waals surface area contributed by atoms with Gasteiger partial charge in [0.2, 0.25) is 0 Å². The molecule has 1 rings (SSSR count). The van der Waals surface area contributed by atoms with Crippen molar-refractivity contribution in [2.45, 2.75) is 12.2 Å². The van der Waals surface area contributed by atoms with Gasteiger partial charge in [-0.15, -0.1) is 0 Å². The van der Waals surface area contributed by atoms with Crippen LogP contribution in [0.1, 0.15) is 1.37 Å². The first kappa shape index (κ1) is 5.47. The molecule has 50 valence electrons. The van der Waals surface area contributed by atoms with Gasteiger partial charge in [0.05, 0.1) is 1.37 Å². The van der Waals surface area contributed by atoms with Crippen molar-refractivity contribution in [1.82, 2.24) is 0 Å². The standard InChI is InChI=1S/C6H7ClO2/c7-4-2-1-3-5(8)6(4)9/h1-3,5-6,8-9H/t5-,6+/m1/s1/i6D. The maximum Gasteiger partial charge on any atom is 0.119 e. The first-order valence-electron chi connectivity index (χ1n) is 3.00. The van der Waals surface area contributed by atoms with Crippen molar-refractivity contribution in [3.63, 3.8) is 0 Å². The summed E-state index contributed by atoms with van der Waals surface area (Å²) in [5, 5.41) is 18.0. The predicted octanol–water partition coefficient (Wildman–Crippen LogP) is 0.401. The van der Waals surface area contributed by atoms with E-state index in [9.17, 15) is 0 Å². The monoisotopic (exact) mass is 147 g/mol. The van der Waals surface area contributed by atoms with Crippen LogP contribution in [0.5, 0.6) is 0 Å². The van der Waals surface area contributed by atoms with Crippen molar-refractivity contribution in [3.8, 4) is 0 Å². The molecular formula is C6H7ClO2. The first-order valence-corrected chi connectivity index (χ1v) is 2.88. The second-order valence-corrected chi connectivity index (χ2v) is 2.14. The van der Waals surface area contributed by atoms with Crippen LogP contribution in [-0.2, 0) is 0 Å². The molecule has 0 aliphatic heterocycles. The average molecular weight is 148 g/mol. The molecule has 0 fully saturated rings. The van der Waals surface area contributed by atoms with E-state index in [0.29, 0.717) is 0 Å². The van der Waals surface area contributed by atoms with Crippen LogP contribution in [0.25, 0.3) is 0 Å². The molecule has 0 aromatic rings. The summed E-state index contributed by atoms with van der Waals surface area (Å²) < 4.78 is 7.09. The molecule has 1 aliphatic carbocycles. The van der Waals surface area contributed by atoms with Gasteiger partial charge in [-0.25, -0.2) is 0 Å². The second-order valence-electron chi connectivity index (χ2n) is 1.73. The smallest absolute Gasteiger partial charge is 0.119 e. The topological polar surface area (TPSA) is 40.5 Å². The fraction of sp³-hybridized carbons (Fsp3) is 0.333. The fourth-order valence-electron chi connectivity index (χ4n) is 0.563. The van der Waals surface area contributed by atoms with Crippen LogP contribution in [0.3, 0.4) is 0 Å². The second kappa shape index (κ2) is 2.52. The molecule has 3 heteroatoms. The number of hydrogen-bond donors (Lipinski definition) is 2. The molecule has 0 saturated heterocycles. The Balaban J connectivity index is 2.93. The molecule has 2 N–H and O–H groups in total. The average Bonchev–Trinajstić information content (AvgIpc) is 1.84. The Morgan fingerprint density at radius 2 is 2.33 bits per heavy atom. The number of rotatable bonds is 0. The largest absolute Gasteiger partial charge is 0.386 e. The van der Waals surface area contributed by atoms with Crippen molar-refractivity contribution in [2.75, 3.05) is 0 Å². The van der Waals surface area contributed by atoms with Crippen LogP contribution in [0.15, 0.2) is 23.3 Å². The van der Waals surface area contributed by atoms with Crippen molar-refractivity contribution >= 4 is 11.6 Å². The van der Waals surface area contributed by atoms with Gasteiger partial charge < -0.3 is 10.2 Å². The highest BCUT2D eigenvalue weighted by Crippen LogP contribution is 2.16. The van der Waals surface area contributed by atoms with Crippen LogP contribution < -0.4 is 0 Å². The lowest BCUT2D eigenvalue weighted by Gasteiger charge is -2.15. The number of aliphatic hydroxyl groups is 2. The van der Waals surface area contributed by atoms with Gasteiger partial charge in [-0.3, -0.25) is 0 Å². The van der Waals surface area contributed by atoms with E-state index >= 15 is 0 Å². The predicted molar refractivity (Wildman–Crippen MR) is 35.1 cm³/mol. The molecular weight excluding hydrogens is 140 g/mol. The molecule has 0 amide bonds. The highest BCUT2D eigenvalue weighted by atomic mass is 35.5. The lowest BCUT2D eigenvalue weighted by molar-refractivity contribution is 0.0764. The fourth-order valence-corrected chi connectivity index (χ4v) is 0.748. The third kappa shape index (κ3) is 1.33. The van der Waals surface area contributed by atoms with Gasteiger partial charge in [0.1, 0.15) is 12.2 Å². The van der Waals surface area contributed by atoms with E-state index < -0.39 is 12.2 Å². The molecule has 0 spiro atoms. The van der Waals surface area contributed by atoms with Crippen LogP contribution in [0, 0.1) is 0 Å². The molecule has 9 heavy (non-hydrogen) atoms. The van der Waals surface area contributed by atoms with Crippen LogP contribution in [0.2, 0.25) is 0 Å². The Labute approximate surface area is 59.5 Å². The molecule has 0 radical (unpaired) electrons. The number of hydrogen-bond acceptors (Lipinski definition) is 2. The zero-order valence-corrected chi connectivity index (χ0v) is 5.34. The van der Waals surface area contributed by atoms with E-state index in [1.165, 1.54) is 18.2 Å². The zero-order chi connectivity index (χ0) is 7.78. The van der Waals surface area contributed by atoms with Crippen LogP contribution in [-0.4, -0.2) is 22.4 Å². The van der Waals surface area contributed by atoms with Crippen molar-refractivity contribution in [1.29, 1.82) is 0 Å². The highest BCUT2D eigenvalue weighted by molar-refractivity contribution is 6.30. The van der Waals surface area contributed by atoms with Gasteiger partial charge in [0.15, 0.2) is 0 Å². The van der Waals surface area contributed by atoms with E-state index in [1.807, 2.05) is 0 Å². The Hall–Kier alpha value is -0.310. The molecule has 0 aromatic heterocycles. The van der Waals surface area contributed by atoms with Crippen molar-refractivity contribution in [2.24, 2.45) is 0 Å². The van der Waals surface area contributed by atoms with Crippen molar-refractivity contribution in [3.05, 3.63) is 23.3 Å². The summed E-state index contributed by atoms with van der Waals surface area (Å²) >= 11 is 5.42. The summed E-state index contributed by atoms with van der Waals surface area (Å²) in [6, 6.07) is 0. The summed E-state index contributed by atoms with van der Waals surface area (Å²) in [7, 11) is 0. The Bertz CT molecular complexity index is 198. The lowest BCUT2D eigenvalue weighted by atomic mass is 10.1. The normalized spacial score (nSPS) is 44.1. The van der Waals surface area contributed by atoms with E-state index in [4.69, 9.17) is 23.2 Å². The van der Waals surface area contributed by atoms with Gasteiger partial charge in [0, 0.05) is 5.03 Å². The number of aliphatic hydroxyl groups excluding tert-OH is 1. The quantitative estimate of drug-likeness (QED) is 0.521. The molecule has 0 unspecified atom stereocenters. The van der Waals surface area contributed by atoms with E-state index in [2.05, 4.69) is 0 Å². The van der Waals surface area contributed by atoms with Gasteiger partial charge in [-0.2, -0.15) is 0 Å². The summed E-state index contributed by atoms with van der Waals surface area (Å²) in [4.78, 5) is 0. The molecule has 0 heterocycles. The lowest BCUT2D eigenvalue weighted by Crippen LogP contribution is -2.25. The van der Waals surface area contributed by atoms with E-state index in [0.717, 1.165) is 0 Å². The molecule has 2 nitrogen and oxygen atoms in total. The van der Waals surface area contributed by atoms with E-state index in [1.54, 1.807) is 0 Å². The van der Waals surface area contributed by atoms with Crippen LogP contribution in [0.4, 0.5) is 0 Å². The molecule has 2 atom stereocenters. The maximum absolute atomic E-state index is 9.08. The first-order chi connectivity index (χ1) is 4.55. The summed E-state index contributed by atoms with van der Waals surface area (Å²) in [5.74, 6) is 0. The minimum Gasteiger partial charge on any atom is -0.386 e. The molecule has 0 saturated carbocycles. The van der Waals surface area contributed by atoms with Gasteiger partial charge in [0.25, 0.3) is 0 Å². The highest BCUT2D eigenvalue weighted by Gasteiger charge is 2.18. The van der Waals surface area contributed by atoms with Gasteiger partial charge in [-0.05, 0) is 6.08 Å². The minimum atomic E-state index is -2.06. The zero-order valence-electron chi connectivity index (χ0n) is 5.58. The molecule has 0 bridgehead atoms. The van der Waals surface area contributed by atoms with Crippen LogP contribution >= 0.6 is 11.6 Å². The number of allylic oxidation sites excluding steroid dienone is 2. The maximum atomic E-state index is 9.08. The third-order valence-electron chi connectivity index (χ3n) is 1.06. The van der Waals surface area contributed by atoms with Crippen molar-refractivity contribution < 1.29 is 11.6 Å². The molecule has 0 aromatic carbocycles. The van der Waals surface area contributed by atoms with E-state index in [-0.39, 0.29) is 5.03 Å². The van der Waals surface area contributed by atoms with Gasteiger partial charge in [-0.1, -0.05) is 23.8 Å². The minimum absolute atomic E-state index is 0.0671. The summed E-state index contributed by atoms with van der Waals surface area (Å²) in [5.41, 5.74) is 0. The molecule has 1 aliphatic rings. The summed E-state index contributed by atoms with van der Waals surface area (Å²) in [6.45, 7) is 0. The number of halogens is 1. The Morgan fingerprint density at radius 1 is 1.67 bits per heavy atom. The van der Waals surface area contributed by atoms with Gasteiger partial charge >= 0.3 is 0 Å². The third-order valence-corrected chi connectivity index (χ3v) is 1.38.